The predicted octanol–water partition coefficient (Wildman–Crippen LogP) is 2.29. The summed E-state index contributed by atoms with van der Waals surface area (Å²) in [6.45, 7) is 3.91. The van der Waals surface area contributed by atoms with Gasteiger partial charge in [-0.1, -0.05) is 6.07 Å². The molecule has 0 bridgehead atoms. The van der Waals surface area contributed by atoms with Gasteiger partial charge in [-0.05, 0) is 37.6 Å². The summed E-state index contributed by atoms with van der Waals surface area (Å²) >= 11 is 0. The summed E-state index contributed by atoms with van der Waals surface area (Å²) in [4.78, 5) is 4.28. The molecule has 0 saturated heterocycles. The van der Waals surface area contributed by atoms with Gasteiger partial charge in [0.15, 0.2) is 5.96 Å². The fraction of sp³-hybridized carbons (Fsp3) is 0.474. The lowest BCUT2D eigenvalue weighted by atomic mass is 10.2. The molecule has 10 heteroatoms. The highest BCUT2D eigenvalue weighted by Crippen LogP contribution is 2.31. The van der Waals surface area contributed by atoms with Crippen molar-refractivity contribution < 1.29 is 23.0 Å². The Labute approximate surface area is 167 Å². The van der Waals surface area contributed by atoms with E-state index in [0.29, 0.717) is 19.0 Å². The zero-order valence-electron chi connectivity index (χ0n) is 16.2. The number of aromatic nitrogens is 2. The van der Waals surface area contributed by atoms with Crippen LogP contribution >= 0.6 is 0 Å². The number of guanidine groups is 1. The van der Waals surface area contributed by atoms with E-state index in [4.69, 9.17) is 4.74 Å². The van der Waals surface area contributed by atoms with Crippen LogP contribution in [-0.2, 0) is 12.7 Å². The first-order valence-electron chi connectivity index (χ1n) is 9.36. The molecule has 1 atom stereocenters. The fourth-order valence-electron chi connectivity index (χ4n) is 2.43. The minimum Gasteiger partial charge on any atom is -0.491 e. The minimum atomic E-state index is -4.44. The van der Waals surface area contributed by atoms with E-state index in [-0.39, 0.29) is 18.9 Å². The molecular weight excluding hydrogens is 387 g/mol. The van der Waals surface area contributed by atoms with Gasteiger partial charge in [-0.25, -0.2) is 0 Å². The number of hydrogen-bond donors (Lipinski definition) is 3. The van der Waals surface area contributed by atoms with Crippen LogP contribution in [0.2, 0.25) is 0 Å². The summed E-state index contributed by atoms with van der Waals surface area (Å²) in [7, 11) is 0. The minimum absolute atomic E-state index is 0.0477. The largest absolute Gasteiger partial charge is 0.491 e. The predicted molar refractivity (Wildman–Crippen MR) is 104 cm³/mol. The monoisotopic (exact) mass is 413 g/mol. The van der Waals surface area contributed by atoms with E-state index in [1.807, 2.05) is 23.9 Å². The number of benzene rings is 1. The molecule has 0 aliphatic carbocycles. The van der Waals surface area contributed by atoms with E-state index in [9.17, 15) is 18.3 Å². The first kappa shape index (κ1) is 22.5. The zero-order chi connectivity index (χ0) is 21.1. The van der Waals surface area contributed by atoms with Crippen LogP contribution < -0.4 is 15.4 Å². The van der Waals surface area contributed by atoms with E-state index in [2.05, 4.69) is 20.7 Å². The molecule has 2 aromatic rings. The Bertz CT molecular complexity index is 751. The van der Waals surface area contributed by atoms with E-state index in [0.717, 1.165) is 25.1 Å². The first-order chi connectivity index (χ1) is 13.9. The molecule has 0 fully saturated rings. The van der Waals surface area contributed by atoms with Gasteiger partial charge in [0, 0.05) is 32.0 Å². The van der Waals surface area contributed by atoms with Gasteiger partial charge in [-0.15, -0.1) is 0 Å². The molecule has 2 rings (SSSR count). The molecule has 1 aromatic carbocycles. The van der Waals surface area contributed by atoms with Gasteiger partial charge in [-0.3, -0.25) is 9.67 Å². The first-order valence-corrected chi connectivity index (χ1v) is 9.36. The Balaban J connectivity index is 1.76. The number of nitrogens with one attached hydrogen (secondary N) is 2. The van der Waals surface area contributed by atoms with Gasteiger partial charge in [-0.2, -0.15) is 18.3 Å². The highest BCUT2D eigenvalue weighted by atomic mass is 19.4. The van der Waals surface area contributed by atoms with Crippen LogP contribution in [0.25, 0.3) is 0 Å². The van der Waals surface area contributed by atoms with E-state index < -0.39 is 17.8 Å². The molecule has 7 nitrogen and oxygen atoms in total. The molecule has 1 aromatic heterocycles. The molecule has 0 amide bonds. The van der Waals surface area contributed by atoms with E-state index >= 15 is 0 Å². The SMILES string of the molecule is CCNC(=NCC(O)COc1cccc(C(F)(F)F)c1)NCCCn1cccn1. The van der Waals surface area contributed by atoms with Crippen LogP contribution in [0.4, 0.5) is 13.2 Å². The highest BCUT2D eigenvalue weighted by Gasteiger charge is 2.30. The lowest BCUT2D eigenvalue weighted by Gasteiger charge is -2.14. The Kier molecular flexibility index (Phi) is 8.78. The number of hydrogen-bond acceptors (Lipinski definition) is 4. The molecule has 1 unspecified atom stereocenters. The molecule has 160 valence electrons. The molecule has 1 heterocycles. The molecule has 0 spiro atoms. The number of aliphatic imine (C=N–C) groups is 1. The maximum Gasteiger partial charge on any atom is 0.416 e. The van der Waals surface area contributed by atoms with Crippen molar-refractivity contribution in [3.05, 3.63) is 48.3 Å². The van der Waals surface area contributed by atoms with Gasteiger partial charge in [0.2, 0.25) is 0 Å². The Hall–Kier alpha value is -2.75. The van der Waals surface area contributed by atoms with Gasteiger partial charge in [0.1, 0.15) is 18.5 Å². The third-order valence-corrected chi connectivity index (χ3v) is 3.82. The second kappa shape index (κ2) is 11.3. The van der Waals surface area contributed by atoms with Crippen LogP contribution in [0, 0.1) is 0 Å². The summed E-state index contributed by atoms with van der Waals surface area (Å²) < 4.78 is 45.2. The van der Waals surface area contributed by atoms with Gasteiger partial charge in [0.05, 0.1) is 12.1 Å². The third-order valence-electron chi connectivity index (χ3n) is 3.82. The second-order valence-electron chi connectivity index (χ2n) is 6.26. The zero-order valence-corrected chi connectivity index (χ0v) is 16.2. The summed E-state index contributed by atoms with van der Waals surface area (Å²) in [6.07, 6.45) is -0.939. The number of halogens is 3. The molecule has 0 aliphatic rings. The summed E-state index contributed by atoms with van der Waals surface area (Å²) in [5, 5.41) is 20.4. The molecule has 29 heavy (non-hydrogen) atoms. The van der Waals surface area contributed by atoms with Crippen molar-refractivity contribution in [1.82, 2.24) is 20.4 Å². The van der Waals surface area contributed by atoms with Crippen molar-refractivity contribution >= 4 is 5.96 Å². The molecular formula is C19H26F3N5O2. The number of rotatable bonds is 10. The topological polar surface area (TPSA) is 83.7 Å². The maximum absolute atomic E-state index is 12.7. The second-order valence-corrected chi connectivity index (χ2v) is 6.26. The van der Waals surface area contributed by atoms with Crippen molar-refractivity contribution in [2.45, 2.75) is 32.2 Å². The fourth-order valence-corrected chi connectivity index (χ4v) is 2.43. The van der Waals surface area contributed by atoms with Crippen LogP contribution in [0.3, 0.4) is 0 Å². The maximum atomic E-state index is 12.7. The lowest BCUT2D eigenvalue weighted by molar-refractivity contribution is -0.137. The molecule has 0 aliphatic heterocycles. The van der Waals surface area contributed by atoms with Crippen molar-refractivity contribution in [3.8, 4) is 5.75 Å². The Morgan fingerprint density at radius 2 is 2.14 bits per heavy atom. The van der Waals surface area contributed by atoms with Crippen LogP contribution in [0.1, 0.15) is 18.9 Å². The van der Waals surface area contributed by atoms with Gasteiger partial charge < -0.3 is 20.5 Å². The smallest absolute Gasteiger partial charge is 0.416 e. The average molecular weight is 413 g/mol. The van der Waals surface area contributed by atoms with Crippen molar-refractivity contribution in [1.29, 1.82) is 0 Å². The molecule has 0 saturated carbocycles. The number of aryl methyl sites for hydroxylation is 1. The van der Waals surface area contributed by atoms with E-state index in [1.54, 1.807) is 6.20 Å². The number of aliphatic hydroxyl groups excluding tert-OH is 1. The van der Waals surface area contributed by atoms with Gasteiger partial charge >= 0.3 is 6.18 Å². The standard InChI is InChI=1S/C19H26F3N5O2/c1-2-23-18(24-8-4-10-27-11-5-9-26-27)25-13-16(28)14-29-17-7-3-6-15(12-17)19(20,21)22/h3,5-7,9,11-12,16,28H,2,4,8,10,13-14H2,1H3,(H2,23,24,25). The lowest BCUT2D eigenvalue weighted by Crippen LogP contribution is -2.39. The van der Waals surface area contributed by atoms with Crippen LogP contribution in [0.5, 0.6) is 5.75 Å². The van der Waals surface area contributed by atoms with Crippen molar-refractivity contribution in [3.63, 3.8) is 0 Å². The van der Waals surface area contributed by atoms with Crippen molar-refractivity contribution in [2.24, 2.45) is 4.99 Å². The van der Waals surface area contributed by atoms with Crippen molar-refractivity contribution in [2.75, 3.05) is 26.2 Å². The summed E-state index contributed by atoms with van der Waals surface area (Å²) in [5.41, 5.74) is -0.795. The average Bonchev–Trinajstić information content (AvgIpc) is 3.20. The number of nitrogens with zero attached hydrogens (tertiary/aromatic N) is 3. The summed E-state index contributed by atoms with van der Waals surface area (Å²) in [5.74, 6) is 0.595. The van der Waals surface area contributed by atoms with Crippen LogP contribution in [-0.4, -0.2) is 53.2 Å². The third kappa shape index (κ3) is 8.43. The molecule has 0 radical (unpaired) electrons. The van der Waals surface area contributed by atoms with Crippen LogP contribution in [0.15, 0.2) is 47.7 Å². The molecule has 3 N–H and O–H groups in total. The quantitative estimate of drug-likeness (QED) is 0.316. The number of alkyl halides is 3. The highest BCUT2D eigenvalue weighted by molar-refractivity contribution is 5.79. The summed E-state index contributed by atoms with van der Waals surface area (Å²) in [6, 6.07) is 6.41. The Morgan fingerprint density at radius 3 is 2.83 bits per heavy atom. The number of ether oxygens (including phenoxy) is 1. The van der Waals surface area contributed by atoms with Gasteiger partial charge in [0.25, 0.3) is 0 Å². The normalized spacial score (nSPS) is 13.2. The van der Waals surface area contributed by atoms with E-state index in [1.165, 1.54) is 12.1 Å². The number of aliphatic hydroxyl groups is 1. The Morgan fingerprint density at radius 1 is 1.31 bits per heavy atom.